The zero-order valence-electron chi connectivity index (χ0n) is 10.3. The molecule has 1 unspecified atom stereocenters. The van der Waals surface area contributed by atoms with E-state index in [9.17, 15) is 0 Å². The molecule has 2 N–H and O–H groups in total. The lowest BCUT2D eigenvalue weighted by Crippen LogP contribution is -2.11. The van der Waals surface area contributed by atoms with Crippen molar-refractivity contribution in [2.75, 3.05) is 5.73 Å². The summed E-state index contributed by atoms with van der Waals surface area (Å²) in [4.78, 5) is 4.38. The number of fused-ring (bicyclic) bond motifs is 1. The van der Waals surface area contributed by atoms with Crippen LogP contribution >= 0.6 is 11.6 Å². The number of benzene rings is 1. The van der Waals surface area contributed by atoms with Crippen LogP contribution in [0.25, 0.3) is 11.0 Å². The largest absolute Gasteiger partial charge is 0.369 e. The summed E-state index contributed by atoms with van der Waals surface area (Å²) in [5.41, 5.74) is 7.87. The molecule has 1 heterocycles. The summed E-state index contributed by atoms with van der Waals surface area (Å²) in [7, 11) is 0. The van der Waals surface area contributed by atoms with Gasteiger partial charge in [0, 0.05) is 6.04 Å². The Morgan fingerprint density at radius 2 is 2.18 bits per heavy atom. The molecule has 2 rings (SSSR count). The highest BCUT2D eigenvalue weighted by Gasteiger charge is 2.17. The Balaban J connectivity index is 2.62. The zero-order valence-corrected chi connectivity index (χ0v) is 11.0. The molecule has 2 aromatic rings. The summed E-state index contributed by atoms with van der Waals surface area (Å²) >= 11 is 6.26. The second kappa shape index (κ2) is 4.96. The Morgan fingerprint density at radius 3 is 2.82 bits per heavy atom. The van der Waals surface area contributed by atoms with E-state index in [0.29, 0.717) is 12.0 Å². The maximum Gasteiger partial charge on any atom is 0.201 e. The van der Waals surface area contributed by atoms with Crippen molar-refractivity contribution in [1.29, 1.82) is 0 Å². The molecule has 0 saturated heterocycles. The van der Waals surface area contributed by atoms with Crippen molar-refractivity contribution >= 4 is 28.6 Å². The molecule has 0 aliphatic carbocycles. The Bertz CT molecular complexity index is 519. The highest BCUT2D eigenvalue weighted by molar-refractivity contribution is 6.35. The van der Waals surface area contributed by atoms with Gasteiger partial charge >= 0.3 is 0 Å². The second-order valence-corrected chi connectivity index (χ2v) is 4.71. The predicted molar refractivity (Wildman–Crippen MR) is 73.4 cm³/mol. The highest BCUT2D eigenvalue weighted by Crippen LogP contribution is 2.31. The van der Waals surface area contributed by atoms with E-state index < -0.39 is 0 Å². The SMILES string of the molecule is CCCC(CC)n1c(N)nc2cccc(Cl)c21. The molecule has 17 heavy (non-hydrogen) atoms. The van der Waals surface area contributed by atoms with Crippen molar-refractivity contribution in [2.24, 2.45) is 0 Å². The van der Waals surface area contributed by atoms with Gasteiger partial charge in [-0.2, -0.15) is 0 Å². The lowest BCUT2D eigenvalue weighted by Gasteiger charge is -2.18. The number of nitrogens with two attached hydrogens (primary N) is 1. The Hall–Kier alpha value is -1.22. The zero-order chi connectivity index (χ0) is 12.4. The average Bonchev–Trinajstić information content (AvgIpc) is 2.64. The van der Waals surface area contributed by atoms with Gasteiger partial charge in [0.15, 0.2) is 0 Å². The molecule has 0 spiro atoms. The molecule has 0 saturated carbocycles. The Morgan fingerprint density at radius 1 is 1.41 bits per heavy atom. The van der Waals surface area contributed by atoms with Gasteiger partial charge in [-0.1, -0.05) is 37.9 Å². The standard InChI is InChI=1S/C13H18ClN3/c1-3-6-9(4-2)17-12-10(14)7-5-8-11(12)16-13(17)15/h5,7-9H,3-4,6H2,1-2H3,(H2,15,16). The van der Waals surface area contributed by atoms with E-state index in [-0.39, 0.29) is 0 Å². The van der Waals surface area contributed by atoms with Gasteiger partial charge in [-0.15, -0.1) is 0 Å². The lowest BCUT2D eigenvalue weighted by molar-refractivity contribution is 0.463. The van der Waals surface area contributed by atoms with Crippen LogP contribution in [0.1, 0.15) is 39.2 Å². The Kier molecular flexibility index (Phi) is 3.57. The summed E-state index contributed by atoms with van der Waals surface area (Å²) in [6, 6.07) is 6.12. The van der Waals surface area contributed by atoms with E-state index in [0.717, 1.165) is 35.3 Å². The number of imidazole rings is 1. The molecule has 1 aromatic carbocycles. The van der Waals surface area contributed by atoms with Crippen LogP contribution in [0.3, 0.4) is 0 Å². The van der Waals surface area contributed by atoms with Crippen LogP contribution in [-0.2, 0) is 0 Å². The van der Waals surface area contributed by atoms with Crippen molar-refractivity contribution in [3.8, 4) is 0 Å². The van der Waals surface area contributed by atoms with Crippen molar-refractivity contribution in [3.63, 3.8) is 0 Å². The van der Waals surface area contributed by atoms with Gasteiger partial charge in [0.25, 0.3) is 0 Å². The van der Waals surface area contributed by atoms with Crippen LogP contribution in [-0.4, -0.2) is 9.55 Å². The molecule has 0 fully saturated rings. The third-order valence-electron chi connectivity index (χ3n) is 3.15. The minimum atomic E-state index is 0.380. The summed E-state index contributed by atoms with van der Waals surface area (Å²) in [5, 5.41) is 0.723. The number of hydrogen-bond acceptors (Lipinski definition) is 2. The third-order valence-corrected chi connectivity index (χ3v) is 3.45. The number of anilines is 1. The van der Waals surface area contributed by atoms with E-state index >= 15 is 0 Å². The van der Waals surface area contributed by atoms with Gasteiger partial charge < -0.3 is 10.3 Å². The van der Waals surface area contributed by atoms with Crippen LogP contribution in [0.4, 0.5) is 5.95 Å². The molecule has 4 heteroatoms. The molecule has 3 nitrogen and oxygen atoms in total. The molecular formula is C13H18ClN3. The lowest BCUT2D eigenvalue weighted by atomic mass is 10.1. The van der Waals surface area contributed by atoms with E-state index in [4.69, 9.17) is 17.3 Å². The predicted octanol–water partition coefficient (Wildman–Crippen LogP) is 4.02. The Labute approximate surface area is 107 Å². The minimum absolute atomic E-state index is 0.380. The van der Waals surface area contributed by atoms with Crippen LogP contribution < -0.4 is 5.73 Å². The van der Waals surface area contributed by atoms with Gasteiger partial charge in [0.1, 0.15) is 0 Å². The van der Waals surface area contributed by atoms with Crippen molar-refractivity contribution in [2.45, 2.75) is 39.2 Å². The van der Waals surface area contributed by atoms with E-state index in [2.05, 4.69) is 23.4 Å². The molecule has 0 bridgehead atoms. The molecule has 0 aliphatic heterocycles. The molecule has 1 aromatic heterocycles. The van der Waals surface area contributed by atoms with Crippen molar-refractivity contribution in [3.05, 3.63) is 23.2 Å². The number of aromatic nitrogens is 2. The number of halogens is 1. The fourth-order valence-corrected chi connectivity index (χ4v) is 2.60. The third kappa shape index (κ3) is 2.12. The first-order valence-electron chi connectivity index (χ1n) is 6.11. The molecule has 1 atom stereocenters. The van der Waals surface area contributed by atoms with Gasteiger partial charge in [0.05, 0.1) is 16.1 Å². The maximum atomic E-state index is 6.26. The quantitative estimate of drug-likeness (QED) is 0.892. The topological polar surface area (TPSA) is 43.8 Å². The fourth-order valence-electron chi connectivity index (χ4n) is 2.34. The number of para-hydroxylation sites is 1. The molecule has 0 aliphatic rings. The highest BCUT2D eigenvalue weighted by atomic mass is 35.5. The fraction of sp³-hybridized carbons (Fsp3) is 0.462. The summed E-state index contributed by atoms with van der Waals surface area (Å²) in [6.07, 6.45) is 3.26. The number of nitrogens with zero attached hydrogens (tertiary/aromatic N) is 2. The summed E-state index contributed by atoms with van der Waals surface area (Å²) < 4.78 is 2.08. The first-order chi connectivity index (χ1) is 8.19. The summed E-state index contributed by atoms with van der Waals surface area (Å²) in [6.45, 7) is 4.35. The van der Waals surface area contributed by atoms with E-state index in [1.807, 2.05) is 18.2 Å². The first-order valence-corrected chi connectivity index (χ1v) is 6.48. The smallest absolute Gasteiger partial charge is 0.201 e. The van der Waals surface area contributed by atoms with E-state index in [1.165, 1.54) is 0 Å². The van der Waals surface area contributed by atoms with Crippen LogP contribution in [0.15, 0.2) is 18.2 Å². The van der Waals surface area contributed by atoms with Crippen molar-refractivity contribution < 1.29 is 0 Å². The van der Waals surface area contributed by atoms with Gasteiger partial charge in [-0.3, -0.25) is 0 Å². The second-order valence-electron chi connectivity index (χ2n) is 4.30. The minimum Gasteiger partial charge on any atom is -0.369 e. The molecule has 0 radical (unpaired) electrons. The molecular weight excluding hydrogens is 234 g/mol. The summed E-state index contributed by atoms with van der Waals surface area (Å²) in [5.74, 6) is 0.563. The van der Waals surface area contributed by atoms with Gasteiger partial charge in [-0.25, -0.2) is 4.98 Å². The maximum absolute atomic E-state index is 6.26. The average molecular weight is 252 g/mol. The number of nitrogen functional groups attached to an aromatic ring is 1. The molecule has 92 valence electrons. The van der Waals surface area contributed by atoms with E-state index in [1.54, 1.807) is 0 Å². The van der Waals surface area contributed by atoms with Gasteiger partial charge in [-0.05, 0) is 25.0 Å². The molecule has 0 amide bonds. The van der Waals surface area contributed by atoms with Crippen LogP contribution in [0.5, 0.6) is 0 Å². The number of rotatable bonds is 4. The van der Waals surface area contributed by atoms with Crippen molar-refractivity contribution in [1.82, 2.24) is 9.55 Å². The van der Waals surface area contributed by atoms with Gasteiger partial charge in [0.2, 0.25) is 5.95 Å². The van der Waals surface area contributed by atoms with Crippen LogP contribution in [0, 0.1) is 0 Å². The first kappa shape index (κ1) is 12.2. The van der Waals surface area contributed by atoms with Crippen LogP contribution in [0.2, 0.25) is 5.02 Å². The monoisotopic (exact) mass is 251 g/mol. The normalized spacial score (nSPS) is 13.1. The number of hydrogen-bond donors (Lipinski definition) is 1.